The summed E-state index contributed by atoms with van der Waals surface area (Å²) in [5.74, 6) is -0.841. The van der Waals surface area contributed by atoms with Gasteiger partial charge < -0.3 is 19.4 Å². The Labute approximate surface area is 181 Å². The van der Waals surface area contributed by atoms with Crippen LogP contribution in [0.4, 0.5) is 5.69 Å². The normalized spacial score (nSPS) is 10.8. The first-order chi connectivity index (χ1) is 14.3. The van der Waals surface area contributed by atoms with Crippen LogP contribution in [-0.4, -0.2) is 42.0 Å². The predicted molar refractivity (Wildman–Crippen MR) is 114 cm³/mol. The van der Waals surface area contributed by atoms with E-state index in [2.05, 4.69) is 5.32 Å². The molecule has 0 unspecified atom stereocenters. The van der Waals surface area contributed by atoms with E-state index in [1.54, 1.807) is 30.3 Å². The van der Waals surface area contributed by atoms with Crippen LogP contribution in [0.1, 0.15) is 6.42 Å². The number of rotatable bonds is 7. The number of halogens is 2. The molecule has 0 bridgehead atoms. The van der Waals surface area contributed by atoms with Crippen LogP contribution in [0.5, 0.6) is 5.75 Å². The molecule has 0 aliphatic rings. The lowest BCUT2D eigenvalue weighted by molar-refractivity contribution is -0.133. The fraction of sp³-hybridized carbons (Fsp3) is 0.250. The minimum atomic E-state index is -0.575. The summed E-state index contributed by atoms with van der Waals surface area (Å²) in [6, 6.07) is 9.66. The van der Waals surface area contributed by atoms with Gasteiger partial charge in [-0.1, -0.05) is 23.2 Å². The Bertz CT molecular complexity index is 1160. The van der Waals surface area contributed by atoms with Gasteiger partial charge in [0, 0.05) is 36.1 Å². The molecule has 1 aromatic heterocycles. The van der Waals surface area contributed by atoms with Gasteiger partial charge in [-0.3, -0.25) is 14.2 Å². The molecule has 0 fully saturated rings. The van der Waals surface area contributed by atoms with E-state index < -0.39 is 11.7 Å². The number of methoxy groups -OCH3 is 1. The molecule has 0 saturated heterocycles. The number of nitrogens with one attached hydrogen (secondary N) is 1. The van der Waals surface area contributed by atoms with Gasteiger partial charge in [-0.05, 0) is 30.3 Å². The lowest BCUT2D eigenvalue weighted by atomic mass is 10.3. The van der Waals surface area contributed by atoms with E-state index in [1.165, 1.54) is 29.7 Å². The van der Waals surface area contributed by atoms with E-state index >= 15 is 0 Å². The van der Waals surface area contributed by atoms with Crippen LogP contribution < -0.4 is 15.8 Å². The molecule has 0 spiro atoms. The van der Waals surface area contributed by atoms with Gasteiger partial charge in [-0.2, -0.15) is 0 Å². The van der Waals surface area contributed by atoms with Crippen LogP contribution in [0.3, 0.4) is 0 Å². The summed E-state index contributed by atoms with van der Waals surface area (Å²) in [6.45, 7) is -0.0640. The van der Waals surface area contributed by atoms with Crippen LogP contribution in [0, 0.1) is 0 Å². The van der Waals surface area contributed by atoms with Gasteiger partial charge in [0.25, 0.3) is 0 Å². The van der Waals surface area contributed by atoms with Crippen molar-refractivity contribution >= 4 is 51.8 Å². The Kier molecular flexibility index (Phi) is 6.69. The number of fused-ring (bicyclic) bond motifs is 1. The molecule has 0 aliphatic carbocycles. The number of anilines is 1. The highest BCUT2D eigenvalue weighted by atomic mass is 35.5. The summed E-state index contributed by atoms with van der Waals surface area (Å²) < 4.78 is 11.7. The Morgan fingerprint density at radius 3 is 2.60 bits per heavy atom. The maximum absolute atomic E-state index is 12.4. The van der Waals surface area contributed by atoms with Crippen molar-refractivity contribution in [3.05, 3.63) is 57.0 Å². The van der Waals surface area contributed by atoms with Crippen LogP contribution >= 0.6 is 23.2 Å². The number of carbonyl (C=O) groups is 2. The zero-order chi connectivity index (χ0) is 21.8. The second-order valence-electron chi connectivity index (χ2n) is 6.52. The van der Waals surface area contributed by atoms with E-state index in [-0.39, 0.29) is 25.4 Å². The molecule has 0 radical (unpaired) electrons. The van der Waals surface area contributed by atoms with Gasteiger partial charge in [0.2, 0.25) is 11.8 Å². The average Bonchev–Trinajstić information content (AvgIpc) is 3.00. The van der Waals surface area contributed by atoms with E-state index in [1.807, 2.05) is 0 Å². The molecule has 1 heterocycles. The molecule has 1 N–H and O–H groups in total. The number of hydrogen-bond donors (Lipinski definition) is 1. The molecule has 0 atom stereocenters. The van der Waals surface area contributed by atoms with E-state index in [9.17, 15) is 14.4 Å². The van der Waals surface area contributed by atoms with Crippen molar-refractivity contribution in [2.45, 2.75) is 13.0 Å². The van der Waals surface area contributed by atoms with Gasteiger partial charge in [-0.25, -0.2) is 4.79 Å². The molecule has 2 aromatic carbocycles. The SMILES string of the molecule is COc1ccc(Cl)cc1NC(=O)CN(C)C(=O)CCn1c(=O)oc2cc(Cl)ccc21. The third kappa shape index (κ3) is 4.95. The number of nitrogens with zero attached hydrogens (tertiary/aromatic N) is 2. The lowest BCUT2D eigenvalue weighted by Crippen LogP contribution is -2.35. The van der Waals surface area contributed by atoms with Gasteiger partial charge in [0.15, 0.2) is 5.58 Å². The van der Waals surface area contributed by atoms with Crippen molar-refractivity contribution in [2.75, 3.05) is 26.0 Å². The average molecular weight is 452 g/mol. The molecule has 0 aliphatic heterocycles. The fourth-order valence-corrected chi connectivity index (χ4v) is 3.26. The summed E-state index contributed by atoms with van der Waals surface area (Å²) in [6.07, 6.45) is 0.0153. The predicted octanol–water partition coefficient (Wildman–Crippen LogP) is 3.40. The highest BCUT2D eigenvalue weighted by Gasteiger charge is 2.17. The molecule has 158 valence electrons. The number of aryl methyl sites for hydroxylation is 1. The Balaban J connectivity index is 1.60. The number of likely N-dealkylation sites (N-methyl/N-ethyl adjacent to an activating group) is 1. The van der Waals surface area contributed by atoms with Gasteiger partial charge in [0.1, 0.15) is 5.75 Å². The Hall–Kier alpha value is -2.97. The summed E-state index contributed by atoms with van der Waals surface area (Å²) in [4.78, 5) is 38.1. The van der Waals surface area contributed by atoms with Gasteiger partial charge in [-0.15, -0.1) is 0 Å². The summed E-state index contributed by atoms with van der Waals surface area (Å²) >= 11 is 11.9. The number of benzene rings is 2. The number of aromatic nitrogens is 1. The third-order valence-corrected chi connectivity index (χ3v) is 4.89. The van der Waals surface area contributed by atoms with E-state index in [4.69, 9.17) is 32.4 Å². The number of oxazole rings is 1. The monoisotopic (exact) mass is 451 g/mol. The fourth-order valence-electron chi connectivity index (χ4n) is 2.92. The Morgan fingerprint density at radius 1 is 1.17 bits per heavy atom. The standard InChI is InChI=1S/C20H19Cl2N3O5/c1-24(11-18(26)23-14-9-12(21)4-6-16(14)29-2)19(27)7-8-25-15-5-3-13(22)10-17(15)30-20(25)28/h3-6,9-10H,7-8,11H2,1-2H3,(H,23,26). The second-order valence-corrected chi connectivity index (χ2v) is 7.40. The minimum absolute atomic E-state index is 0.0153. The molecule has 8 nitrogen and oxygen atoms in total. The third-order valence-electron chi connectivity index (χ3n) is 4.42. The number of ether oxygens (including phenoxy) is 1. The van der Waals surface area contributed by atoms with Crippen molar-refractivity contribution in [2.24, 2.45) is 0 Å². The molecular formula is C20H19Cl2N3O5. The maximum atomic E-state index is 12.4. The van der Waals surface area contributed by atoms with Crippen molar-refractivity contribution in [3.63, 3.8) is 0 Å². The van der Waals surface area contributed by atoms with Crippen LogP contribution in [0.25, 0.3) is 11.1 Å². The number of amides is 2. The van der Waals surface area contributed by atoms with Crippen molar-refractivity contribution < 1.29 is 18.7 Å². The largest absolute Gasteiger partial charge is 0.495 e. The Morgan fingerprint density at radius 2 is 1.87 bits per heavy atom. The quantitative estimate of drug-likeness (QED) is 0.593. The molecular weight excluding hydrogens is 433 g/mol. The first-order valence-electron chi connectivity index (χ1n) is 8.94. The number of hydrogen-bond acceptors (Lipinski definition) is 5. The van der Waals surface area contributed by atoms with Crippen molar-refractivity contribution in [3.8, 4) is 5.75 Å². The zero-order valence-electron chi connectivity index (χ0n) is 16.3. The number of carbonyl (C=O) groups excluding carboxylic acids is 2. The zero-order valence-corrected chi connectivity index (χ0v) is 17.8. The summed E-state index contributed by atoms with van der Waals surface area (Å²) in [7, 11) is 2.98. The smallest absolute Gasteiger partial charge is 0.419 e. The molecule has 10 heteroatoms. The van der Waals surface area contributed by atoms with Gasteiger partial charge >= 0.3 is 5.76 Å². The highest BCUT2D eigenvalue weighted by molar-refractivity contribution is 6.31. The highest BCUT2D eigenvalue weighted by Crippen LogP contribution is 2.27. The molecule has 3 aromatic rings. The molecule has 3 rings (SSSR count). The molecule has 30 heavy (non-hydrogen) atoms. The van der Waals surface area contributed by atoms with Crippen LogP contribution in [-0.2, 0) is 16.1 Å². The lowest BCUT2D eigenvalue weighted by Gasteiger charge is -2.17. The first kappa shape index (κ1) is 21.7. The first-order valence-corrected chi connectivity index (χ1v) is 9.70. The van der Waals surface area contributed by atoms with E-state index in [0.717, 1.165) is 0 Å². The second kappa shape index (κ2) is 9.23. The molecule has 0 saturated carbocycles. The molecule has 2 amide bonds. The van der Waals surface area contributed by atoms with Crippen LogP contribution in [0.2, 0.25) is 10.0 Å². The topological polar surface area (TPSA) is 93.8 Å². The van der Waals surface area contributed by atoms with Gasteiger partial charge in [0.05, 0.1) is 24.9 Å². The van der Waals surface area contributed by atoms with Crippen molar-refractivity contribution in [1.29, 1.82) is 0 Å². The van der Waals surface area contributed by atoms with Crippen molar-refractivity contribution in [1.82, 2.24) is 9.47 Å². The summed E-state index contributed by atoms with van der Waals surface area (Å²) in [5.41, 5.74) is 1.31. The van der Waals surface area contributed by atoms with Crippen LogP contribution in [0.15, 0.2) is 45.6 Å². The van der Waals surface area contributed by atoms with E-state index in [0.29, 0.717) is 32.6 Å². The summed E-state index contributed by atoms with van der Waals surface area (Å²) in [5, 5.41) is 3.56. The maximum Gasteiger partial charge on any atom is 0.419 e. The minimum Gasteiger partial charge on any atom is -0.495 e.